The monoisotopic (exact) mass is 585 g/mol. The molecule has 6 rings (SSSR count). The maximum absolute atomic E-state index is 14.5. The molecule has 10 heteroatoms. The van der Waals surface area contributed by atoms with Crippen LogP contribution in [0.2, 0.25) is 0 Å². The van der Waals surface area contributed by atoms with Crippen LogP contribution < -0.4 is 15.4 Å². The van der Waals surface area contributed by atoms with Gasteiger partial charge in [-0.3, -0.25) is 18.9 Å². The molecule has 0 radical (unpaired) electrons. The topological polar surface area (TPSA) is 61.2 Å². The van der Waals surface area contributed by atoms with Gasteiger partial charge in [-0.05, 0) is 49.2 Å². The highest BCUT2D eigenvalue weighted by Crippen LogP contribution is 2.38. The smallest absolute Gasteiger partial charge is 0.267 e. The molecule has 2 aliphatic heterocycles. The fourth-order valence-electron chi connectivity index (χ4n) is 5.36. The molecular weight excluding hydrogens is 558 g/mol. The van der Waals surface area contributed by atoms with Gasteiger partial charge in [-0.15, -0.1) is 0 Å². The molecule has 0 N–H and O–H groups in total. The predicted octanol–water partition coefficient (Wildman–Crippen LogP) is 5.43. The molecule has 1 atom stereocenters. The number of amides is 1. The van der Waals surface area contributed by atoms with Gasteiger partial charge in [-0.2, -0.15) is 0 Å². The van der Waals surface area contributed by atoms with Crippen molar-refractivity contribution in [1.82, 2.24) is 14.3 Å². The average molecular weight is 586 g/mol. The number of pyridine rings is 1. The first-order chi connectivity index (χ1) is 19.8. The standard InChI is InChI=1S/C31H28FN5O2S2/c1-20-9-8-14-36-27(20)33-28(35-17-15-34(16-18-35)25-13-7-6-12-24(25)32)23(29(36)38)19-26-30(39)37(31(40)41-26)21(2)22-10-4-3-5-11-22/h3-14,19,21H,15-18H2,1-2H3/b26-19+. The number of hydrogen-bond acceptors (Lipinski definition) is 7. The van der Waals surface area contributed by atoms with Crippen LogP contribution in [0.1, 0.15) is 29.7 Å². The maximum Gasteiger partial charge on any atom is 0.267 e. The van der Waals surface area contributed by atoms with E-state index in [0.717, 1.165) is 11.1 Å². The Bertz CT molecular complexity index is 1750. The molecule has 2 aromatic carbocycles. The zero-order valence-electron chi connectivity index (χ0n) is 22.7. The fraction of sp³-hybridized carbons (Fsp3) is 0.226. The van der Waals surface area contributed by atoms with Crippen molar-refractivity contribution in [2.24, 2.45) is 0 Å². The number of nitrogens with zero attached hydrogens (tertiary/aromatic N) is 5. The van der Waals surface area contributed by atoms with Crippen LogP contribution in [-0.4, -0.2) is 50.7 Å². The number of aryl methyl sites for hydroxylation is 1. The predicted molar refractivity (Wildman–Crippen MR) is 167 cm³/mol. The Morgan fingerprint density at radius 3 is 2.37 bits per heavy atom. The van der Waals surface area contributed by atoms with Crippen molar-refractivity contribution in [2.45, 2.75) is 19.9 Å². The number of carbonyl (C=O) groups is 1. The number of aromatic nitrogens is 2. The van der Waals surface area contributed by atoms with Crippen LogP contribution in [0.15, 0.2) is 82.6 Å². The van der Waals surface area contributed by atoms with Crippen molar-refractivity contribution in [3.05, 3.63) is 111 Å². The summed E-state index contributed by atoms with van der Waals surface area (Å²) in [7, 11) is 0. The molecule has 2 fully saturated rings. The number of benzene rings is 2. The summed E-state index contributed by atoms with van der Waals surface area (Å²) in [6.07, 6.45) is 3.33. The Kier molecular flexibility index (Phi) is 7.35. The molecule has 2 saturated heterocycles. The third-order valence-corrected chi connectivity index (χ3v) is 8.94. The van der Waals surface area contributed by atoms with Crippen LogP contribution in [0.3, 0.4) is 0 Å². The molecular formula is C31H28FN5O2S2. The van der Waals surface area contributed by atoms with Crippen LogP contribution in [0.5, 0.6) is 0 Å². The summed E-state index contributed by atoms with van der Waals surface area (Å²) in [5.74, 6) is 0.0189. The summed E-state index contributed by atoms with van der Waals surface area (Å²) in [4.78, 5) is 38.5. The molecule has 1 unspecified atom stereocenters. The lowest BCUT2D eigenvalue weighted by atomic mass is 10.1. The van der Waals surface area contributed by atoms with Gasteiger partial charge in [0.2, 0.25) is 0 Å². The van der Waals surface area contributed by atoms with E-state index < -0.39 is 0 Å². The normalized spacial score (nSPS) is 17.6. The van der Waals surface area contributed by atoms with Gasteiger partial charge in [0, 0.05) is 32.4 Å². The second-order valence-corrected chi connectivity index (χ2v) is 11.8. The molecule has 208 valence electrons. The Balaban J connectivity index is 1.38. The number of thioether (sulfide) groups is 1. The number of para-hydroxylation sites is 1. The van der Waals surface area contributed by atoms with Crippen molar-refractivity contribution >= 4 is 57.4 Å². The lowest BCUT2D eigenvalue weighted by molar-refractivity contribution is -0.123. The lowest BCUT2D eigenvalue weighted by Crippen LogP contribution is -2.47. The highest BCUT2D eigenvalue weighted by molar-refractivity contribution is 8.26. The summed E-state index contributed by atoms with van der Waals surface area (Å²) in [5, 5.41) is 0. The number of thiocarbonyl (C=S) groups is 1. The summed E-state index contributed by atoms with van der Waals surface area (Å²) < 4.78 is 16.4. The molecule has 2 aliphatic rings. The van der Waals surface area contributed by atoms with Crippen LogP contribution in [0.25, 0.3) is 11.7 Å². The summed E-state index contributed by atoms with van der Waals surface area (Å²) >= 11 is 6.82. The van der Waals surface area contributed by atoms with Crippen molar-refractivity contribution in [3.63, 3.8) is 0 Å². The van der Waals surface area contributed by atoms with E-state index in [0.29, 0.717) is 58.1 Å². The fourth-order valence-corrected chi connectivity index (χ4v) is 6.76. The van der Waals surface area contributed by atoms with Gasteiger partial charge in [-0.1, -0.05) is 72.5 Å². The van der Waals surface area contributed by atoms with Gasteiger partial charge >= 0.3 is 0 Å². The first kappa shape index (κ1) is 27.2. The number of hydrogen-bond donors (Lipinski definition) is 0. The first-order valence-electron chi connectivity index (χ1n) is 13.4. The SMILES string of the molecule is Cc1cccn2c(=O)c(/C=C3/SC(=S)N(C(C)c4ccccc4)C3=O)c(N3CCN(c4ccccc4F)CC3)nc12. The molecule has 1 amide bonds. The van der Waals surface area contributed by atoms with Gasteiger partial charge in [0.1, 0.15) is 21.6 Å². The van der Waals surface area contributed by atoms with Crippen molar-refractivity contribution in [3.8, 4) is 0 Å². The minimum Gasteiger partial charge on any atom is -0.366 e. The first-order valence-corrected chi connectivity index (χ1v) is 14.6. The minimum absolute atomic E-state index is 0.236. The van der Waals surface area contributed by atoms with Gasteiger partial charge in [-0.25, -0.2) is 9.37 Å². The third-order valence-electron chi connectivity index (χ3n) is 7.60. The van der Waals surface area contributed by atoms with E-state index in [-0.39, 0.29) is 23.3 Å². The molecule has 0 bridgehead atoms. The number of carbonyl (C=O) groups excluding carboxylic acids is 1. The number of rotatable bonds is 5. The van der Waals surface area contributed by atoms with Crippen molar-refractivity contribution < 1.29 is 9.18 Å². The number of fused-ring (bicyclic) bond motifs is 1. The van der Waals surface area contributed by atoms with Gasteiger partial charge in [0.15, 0.2) is 0 Å². The zero-order chi connectivity index (χ0) is 28.7. The Labute approximate surface area is 246 Å². The molecule has 7 nitrogen and oxygen atoms in total. The van der Waals surface area contributed by atoms with E-state index in [2.05, 4.69) is 0 Å². The molecule has 0 saturated carbocycles. The minimum atomic E-state index is -0.258. The van der Waals surface area contributed by atoms with E-state index in [1.807, 2.05) is 72.2 Å². The van der Waals surface area contributed by atoms with Crippen LogP contribution in [-0.2, 0) is 4.79 Å². The van der Waals surface area contributed by atoms with E-state index in [9.17, 15) is 14.0 Å². The zero-order valence-corrected chi connectivity index (χ0v) is 24.3. The lowest BCUT2D eigenvalue weighted by Gasteiger charge is -2.37. The number of halogens is 1. The summed E-state index contributed by atoms with van der Waals surface area (Å²) in [6.45, 7) is 6.05. The van der Waals surface area contributed by atoms with Crippen LogP contribution in [0.4, 0.5) is 15.9 Å². The Morgan fingerprint density at radius 2 is 1.63 bits per heavy atom. The van der Waals surface area contributed by atoms with Crippen LogP contribution >= 0.6 is 24.0 Å². The van der Waals surface area contributed by atoms with Crippen molar-refractivity contribution in [1.29, 1.82) is 0 Å². The van der Waals surface area contributed by atoms with Gasteiger partial charge in [0.25, 0.3) is 11.5 Å². The molecule has 4 aromatic rings. The number of anilines is 2. The van der Waals surface area contributed by atoms with Crippen molar-refractivity contribution in [2.75, 3.05) is 36.0 Å². The molecule has 4 heterocycles. The van der Waals surface area contributed by atoms with E-state index in [1.54, 1.807) is 29.3 Å². The largest absolute Gasteiger partial charge is 0.366 e. The van der Waals surface area contributed by atoms with Gasteiger partial charge in [0.05, 0.1) is 22.2 Å². The molecule has 0 spiro atoms. The van der Waals surface area contributed by atoms with E-state index >= 15 is 0 Å². The third kappa shape index (κ3) is 5.02. The molecule has 2 aromatic heterocycles. The maximum atomic E-state index is 14.5. The number of piperazine rings is 1. The summed E-state index contributed by atoms with van der Waals surface area (Å²) in [5.41, 5.74) is 3.04. The molecule has 0 aliphatic carbocycles. The summed E-state index contributed by atoms with van der Waals surface area (Å²) in [6, 6.07) is 19.9. The highest BCUT2D eigenvalue weighted by atomic mass is 32.2. The average Bonchev–Trinajstić information content (AvgIpc) is 3.27. The Hall–Kier alpha value is -4.02. The second kappa shape index (κ2) is 11.1. The van der Waals surface area contributed by atoms with Crippen LogP contribution in [0, 0.1) is 12.7 Å². The van der Waals surface area contributed by atoms with Gasteiger partial charge < -0.3 is 9.80 Å². The highest BCUT2D eigenvalue weighted by Gasteiger charge is 2.36. The van der Waals surface area contributed by atoms with E-state index in [4.69, 9.17) is 17.2 Å². The van der Waals surface area contributed by atoms with E-state index in [1.165, 1.54) is 22.2 Å². The molecule has 41 heavy (non-hydrogen) atoms. The second-order valence-electron chi connectivity index (χ2n) is 10.1. The quantitative estimate of drug-likeness (QED) is 0.229. The Morgan fingerprint density at radius 1 is 0.951 bits per heavy atom.